The van der Waals surface area contributed by atoms with E-state index >= 15 is 0 Å². The van der Waals surface area contributed by atoms with Crippen molar-refractivity contribution in [3.63, 3.8) is 0 Å². The van der Waals surface area contributed by atoms with Crippen molar-refractivity contribution in [3.8, 4) is 0 Å². The summed E-state index contributed by atoms with van der Waals surface area (Å²) in [4.78, 5) is 37.6. The average Bonchev–Trinajstić information content (AvgIpc) is 2.94. The van der Waals surface area contributed by atoms with Crippen LogP contribution in [0.5, 0.6) is 0 Å². The number of para-hydroxylation sites is 1. The molecule has 1 heterocycles. The summed E-state index contributed by atoms with van der Waals surface area (Å²) >= 11 is 0. The average molecular weight is 317 g/mol. The summed E-state index contributed by atoms with van der Waals surface area (Å²) in [7, 11) is 0. The molecule has 0 saturated carbocycles. The van der Waals surface area contributed by atoms with Crippen molar-refractivity contribution in [2.45, 2.75) is 13.8 Å². The summed E-state index contributed by atoms with van der Waals surface area (Å²) in [5, 5.41) is 14.9. The molecule has 1 aromatic heterocycles. The van der Waals surface area contributed by atoms with E-state index in [4.69, 9.17) is 5.11 Å². The van der Waals surface area contributed by atoms with Crippen LogP contribution in [0, 0.1) is 5.41 Å². The third kappa shape index (κ3) is 4.09. The molecular formula is C16H19N3O4. The van der Waals surface area contributed by atoms with Crippen LogP contribution in [-0.2, 0) is 9.59 Å². The molecule has 0 fully saturated rings. The van der Waals surface area contributed by atoms with Gasteiger partial charge in [0.1, 0.15) is 5.69 Å². The Morgan fingerprint density at radius 3 is 2.52 bits per heavy atom. The maximum absolute atomic E-state index is 12.0. The molecule has 0 saturated heterocycles. The number of fused-ring (bicyclic) bond motifs is 1. The lowest BCUT2D eigenvalue weighted by molar-refractivity contribution is -0.146. The minimum Gasteiger partial charge on any atom is -0.481 e. The molecular weight excluding hydrogens is 298 g/mol. The van der Waals surface area contributed by atoms with E-state index in [2.05, 4.69) is 15.6 Å². The number of carboxylic acids is 1. The van der Waals surface area contributed by atoms with Gasteiger partial charge in [-0.15, -0.1) is 0 Å². The van der Waals surface area contributed by atoms with E-state index in [1.807, 2.05) is 24.3 Å². The quantitative estimate of drug-likeness (QED) is 0.640. The standard InChI is InChI=1S/C16H19N3O4/c1-16(2,15(22)23)9-18-13(20)8-17-14(21)12-7-10-5-3-4-6-11(10)19-12/h3-7,19H,8-9H2,1-2H3,(H,17,21)(H,18,20)(H,22,23). The lowest BCUT2D eigenvalue weighted by atomic mass is 9.94. The smallest absolute Gasteiger partial charge is 0.310 e. The van der Waals surface area contributed by atoms with Gasteiger partial charge in [-0.2, -0.15) is 0 Å². The number of hydrogen-bond acceptors (Lipinski definition) is 3. The van der Waals surface area contributed by atoms with Crippen molar-refractivity contribution in [1.29, 1.82) is 0 Å². The highest BCUT2D eigenvalue weighted by atomic mass is 16.4. The molecule has 7 heteroatoms. The minimum absolute atomic E-state index is 0.0105. The minimum atomic E-state index is -1.06. The first-order chi connectivity index (χ1) is 10.8. The Morgan fingerprint density at radius 1 is 1.17 bits per heavy atom. The first-order valence-corrected chi connectivity index (χ1v) is 7.15. The molecule has 0 aliphatic heterocycles. The second kappa shape index (κ2) is 6.51. The van der Waals surface area contributed by atoms with Crippen molar-refractivity contribution < 1.29 is 19.5 Å². The molecule has 0 aliphatic rings. The summed E-state index contributed by atoms with van der Waals surface area (Å²) in [6.07, 6.45) is 0. The molecule has 4 N–H and O–H groups in total. The molecule has 122 valence electrons. The summed E-state index contributed by atoms with van der Waals surface area (Å²) in [6, 6.07) is 9.17. The number of amides is 2. The van der Waals surface area contributed by atoms with Gasteiger partial charge in [0.25, 0.3) is 5.91 Å². The van der Waals surface area contributed by atoms with Gasteiger partial charge in [0, 0.05) is 17.4 Å². The number of aromatic nitrogens is 1. The maximum atomic E-state index is 12.0. The van der Waals surface area contributed by atoms with Gasteiger partial charge < -0.3 is 20.7 Å². The van der Waals surface area contributed by atoms with Gasteiger partial charge in [-0.1, -0.05) is 18.2 Å². The number of H-pyrrole nitrogens is 1. The van der Waals surface area contributed by atoms with E-state index in [0.29, 0.717) is 5.69 Å². The number of benzene rings is 1. The van der Waals surface area contributed by atoms with Crippen LogP contribution in [0.15, 0.2) is 30.3 Å². The highest BCUT2D eigenvalue weighted by molar-refractivity contribution is 5.99. The topological polar surface area (TPSA) is 111 Å². The number of nitrogens with one attached hydrogen (secondary N) is 3. The van der Waals surface area contributed by atoms with Crippen LogP contribution in [0.1, 0.15) is 24.3 Å². The normalized spacial score (nSPS) is 11.2. The number of rotatable bonds is 6. The van der Waals surface area contributed by atoms with E-state index in [-0.39, 0.29) is 13.1 Å². The predicted molar refractivity (Wildman–Crippen MR) is 85.1 cm³/mol. The molecule has 23 heavy (non-hydrogen) atoms. The van der Waals surface area contributed by atoms with E-state index < -0.39 is 23.2 Å². The molecule has 2 amide bonds. The predicted octanol–water partition coefficient (Wildman–Crippen LogP) is 1.12. The summed E-state index contributed by atoms with van der Waals surface area (Å²) in [5.74, 6) is -1.84. The van der Waals surface area contributed by atoms with Crippen LogP contribution in [0.2, 0.25) is 0 Å². The summed E-state index contributed by atoms with van der Waals surface area (Å²) in [5.41, 5.74) is 0.145. The number of carboxylic acid groups (broad SMARTS) is 1. The van der Waals surface area contributed by atoms with E-state index in [0.717, 1.165) is 10.9 Å². The van der Waals surface area contributed by atoms with Gasteiger partial charge in [-0.05, 0) is 26.0 Å². The van der Waals surface area contributed by atoms with Gasteiger partial charge in [0.2, 0.25) is 5.91 Å². The fourth-order valence-electron chi connectivity index (χ4n) is 1.91. The Labute approximate surface area is 133 Å². The second-order valence-corrected chi connectivity index (χ2v) is 5.92. The molecule has 0 unspecified atom stereocenters. The van der Waals surface area contributed by atoms with Crippen molar-refractivity contribution >= 4 is 28.7 Å². The highest BCUT2D eigenvalue weighted by Gasteiger charge is 2.27. The first kappa shape index (κ1) is 16.5. The van der Waals surface area contributed by atoms with E-state index in [1.165, 1.54) is 13.8 Å². The van der Waals surface area contributed by atoms with Gasteiger partial charge in [0.15, 0.2) is 0 Å². The number of aliphatic carboxylic acids is 1. The van der Waals surface area contributed by atoms with Crippen LogP contribution < -0.4 is 10.6 Å². The zero-order chi connectivity index (χ0) is 17.0. The van der Waals surface area contributed by atoms with Crippen molar-refractivity contribution in [2.75, 3.05) is 13.1 Å². The Morgan fingerprint density at radius 2 is 1.87 bits per heavy atom. The van der Waals surface area contributed by atoms with E-state index in [1.54, 1.807) is 6.07 Å². The van der Waals surface area contributed by atoms with Crippen LogP contribution in [-0.4, -0.2) is 41.0 Å². The van der Waals surface area contributed by atoms with Crippen molar-refractivity contribution in [1.82, 2.24) is 15.6 Å². The van der Waals surface area contributed by atoms with Crippen LogP contribution in [0.25, 0.3) is 10.9 Å². The van der Waals surface area contributed by atoms with Gasteiger partial charge >= 0.3 is 5.97 Å². The SMILES string of the molecule is CC(C)(CNC(=O)CNC(=O)c1cc2ccccc2[nH]1)C(=O)O. The monoisotopic (exact) mass is 317 g/mol. The van der Waals surface area contributed by atoms with Crippen LogP contribution in [0.4, 0.5) is 0 Å². The Kier molecular flexibility index (Phi) is 4.68. The van der Waals surface area contributed by atoms with Crippen molar-refractivity contribution in [2.24, 2.45) is 5.41 Å². The fourth-order valence-corrected chi connectivity index (χ4v) is 1.91. The molecule has 2 aromatic rings. The zero-order valence-corrected chi connectivity index (χ0v) is 13.0. The van der Waals surface area contributed by atoms with Gasteiger partial charge in [0.05, 0.1) is 12.0 Å². The van der Waals surface area contributed by atoms with Crippen LogP contribution >= 0.6 is 0 Å². The number of aromatic amines is 1. The second-order valence-electron chi connectivity index (χ2n) is 5.92. The zero-order valence-electron chi connectivity index (χ0n) is 13.0. The fraction of sp³-hybridized carbons (Fsp3) is 0.312. The first-order valence-electron chi connectivity index (χ1n) is 7.15. The maximum Gasteiger partial charge on any atom is 0.310 e. The highest BCUT2D eigenvalue weighted by Crippen LogP contribution is 2.14. The molecule has 0 atom stereocenters. The number of carbonyl (C=O) groups is 3. The third-order valence-corrected chi connectivity index (χ3v) is 3.49. The molecule has 1 aromatic carbocycles. The number of carbonyl (C=O) groups excluding carboxylic acids is 2. The Balaban J connectivity index is 1.86. The summed E-state index contributed by atoms with van der Waals surface area (Å²) in [6.45, 7) is 2.80. The molecule has 0 aliphatic carbocycles. The Bertz CT molecular complexity index is 716. The molecule has 0 bridgehead atoms. The van der Waals surface area contributed by atoms with Crippen LogP contribution in [0.3, 0.4) is 0 Å². The van der Waals surface area contributed by atoms with Gasteiger partial charge in [-0.3, -0.25) is 14.4 Å². The summed E-state index contributed by atoms with van der Waals surface area (Å²) < 4.78 is 0. The largest absolute Gasteiger partial charge is 0.481 e. The lowest BCUT2D eigenvalue weighted by Crippen LogP contribution is -2.43. The molecule has 7 nitrogen and oxygen atoms in total. The number of hydrogen-bond donors (Lipinski definition) is 4. The molecule has 2 rings (SSSR count). The van der Waals surface area contributed by atoms with Gasteiger partial charge in [-0.25, -0.2) is 0 Å². The third-order valence-electron chi connectivity index (χ3n) is 3.49. The van der Waals surface area contributed by atoms with Crippen molar-refractivity contribution in [3.05, 3.63) is 36.0 Å². The Hall–Kier alpha value is -2.83. The molecule has 0 radical (unpaired) electrons. The van der Waals surface area contributed by atoms with E-state index in [9.17, 15) is 14.4 Å². The molecule has 0 spiro atoms. The lowest BCUT2D eigenvalue weighted by Gasteiger charge is -2.19.